The van der Waals surface area contributed by atoms with E-state index in [2.05, 4.69) is 17.2 Å². The number of nitrogens with zero attached hydrogens (tertiary/aromatic N) is 1. The number of halogens is 3. The highest BCUT2D eigenvalue weighted by atomic mass is 32.1. The highest BCUT2D eigenvalue weighted by molar-refractivity contribution is 7.11. The molecule has 0 aromatic carbocycles. The van der Waals surface area contributed by atoms with Crippen LogP contribution in [-0.4, -0.2) is 12.0 Å². The van der Waals surface area contributed by atoms with Gasteiger partial charge in [0, 0.05) is 17.1 Å². The molecule has 1 aromatic rings. The van der Waals surface area contributed by atoms with Crippen molar-refractivity contribution in [2.45, 2.75) is 44.8 Å². The molecule has 102 valence electrons. The van der Waals surface area contributed by atoms with Crippen LogP contribution in [0, 0.1) is 5.41 Å². The Hall–Kier alpha value is -0.620. The Balaban J connectivity index is 2.25. The fourth-order valence-corrected chi connectivity index (χ4v) is 3.93. The van der Waals surface area contributed by atoms with E-state index in [9.17, 15) is 13.2 Å². The Morgan fingerprint density at radius 2 is 2.00 bits per heavy atom. The maximum absolute atomic E-state index is 12.6. The summed E-state index contributed by atoms with van der Waals surface area (Å²) in [5.41, 5.74) is 0.0458. The van der Waals surface area contributed by atoms with Crippen molar-refractivity contribution in [2.24, 2.45) is 5.41 Å². The molecule has 18 heavy (non-hydrogen) atoms. The van der Waals surface area contributed by atoms with Crippen LogP contribution in [0.15, 0.2) is 6.20 Å². The van der Waals surface area contributed by atoms with Crippen molar-refractivity contribution in [2.75, 3.05) is 7.05 Å². The van der Waals surface area contributed by atoms with Crippen molar-refractivity contribution in [1.82, 2.24) is 10.3 Å². The Bertz CT molecular complexity index is 408. The van der Waals surface area contributed by atoms with E-state index in [4.69, 9.17) is 0 Å². The third-order valence-corrected chi connectivity index (χ3v) is 4.89. The van der Waals surface area contributed by atoms with E-state index in [-0.39, 0.29) is 11.5 Å². The fraction of sp³-hybridized carbons (Fsp3) is 0.750. The molecule has 0 bridgehead atoms. The summed E-state index contributed by atoms with van der Waals surface area (Å²) in [6, 6.07) is -0.0337. The summed E-state index contributed by atoms with van der Waals surface area (Å²) in [5.74, 6) is 0. The molecular weight excluding hydrogens is 261 g/mol. The molecule has 0 spiro atoms. The summed E-state index contributed by atoms with van der Waals surface area (Å²) >= 11 is 0.759. The SMILES string of the molecule is CNC(c1cnc(C(F)(F)F)s1)C1(C)CCCC1. The summed E-state index contributed by atoms with van der Waals surface area (Å²) in [7, 11) is 1.81. The Labute approximate surface area is 109 Å². The zero-order valence-electron chi connectivity index (χ0n) is 10.5. The van der Waals surface area contributed by atoms with Gasteiger partial charge in [0.1, 0.15) is 0 Å². The van der Waals surface area contributed by atoms with Crippen LogP contribution >= 0.6 is 11.3 Å². The van der Waals surface area contributed by atoms with Gasteiger partial charge in [0.25, 0.3) is 0 Å². The first-order chi connectivity index (χ1) is 8.37. The largest absolute Gasteiger partial charge is 0.443 e. The van der Waals surface area contributed by atoms with E-state index in [1.165, 1.54) is 6.20 Å². The van der Waals surface area contributed by atoms with E-state index >= 15 is 0 Å². The Morgan fingerprint density at radius 3 is 2.44 bits per heavy atom. The van der Waals surface area contributed by atoms with Gasteiger partial charge in [-0.2, -0.15) is 13.2 Å². The molecule has 1 heterocycles. The second-order valence-electron chi connectivity index (χ2n) is 5.15. The van der Waals surface area contributed by atoms with Crippen LogP contribution in [0.2, 0.25) is 0 Å². The number of rotatable bonds is 3. The van der Waals surface area contributed by atoms with Crippen molar-refractivity contribution in [3.63, 3.8) is 0 Å². The van der Waals surface area contributed by atoms with Gasteiger partial charge in [-0.15, -0.1) is 11.3 Å². The van der Waals surface area contributed by atoms with Crippen LogP contribution in [0.1, 0.15) is 48.5 Å². The normalized spacial score (nSPS) is 21.2. The molecule has 2 nitrogen and oxygen atoms in total. The summed E-state index contributed by atoms with van der Waals surface area (Å²) in [6.07, 6.45) is 1.45. The van der Waals surface area contributed by atoms with Gasteiger partial charge in [-0.3, -0.25) is 0 Å². The van der Waals surface area contributed by atoms with Crippen LogP contribution in [0.5, 0.6) is 0 Å². The minimum absolute atomic E-state index is 0.0337. The molecule has 0 aliphatic heterocycles. The number of thiazole rings is 1. The van der Waals surface area contributed by atoms with Gasteiger partial charge in [0.05, 0.1) is 0 Å². The number of aromatic nitrogens is 1. The molecule has 1 unspecified atom stereocenters. The van der Waals surface area contributed by atoms with E-state index in [0.29, 0.717) is 4.88 Å². The van der Waals surface area contributed by atoms with E-state index in [1.807, 2.05) is 0 Å². The predicted molar refractivity (Wildman–Crippen MR) is 65.5 cm³/mol. The lowest BCUT2D eigenvalue weighted by Crippen LogP contribution is -2.31. The lowest BCUT2D eigenvalue weighted by Gasteiger charge is -2.33. The van der Waals surface area contributed by atoms with Crippen LogP contribution < -0.4 is 5.32 Å². The average Bonchev–Trinajstić information content (AvgIpc) is 2.88. The van der Waals surface area contributed by atoms with Gasteiger partial charge in [-0.25, -0.2) is 4.98 Å². The van der Waals surface area contributed by atoms with Gasteiger partial charge in [0.2, 0.25) is 0 Å². The summed E-state index contributed by atoms with van der Waals surface area (Å²) in [5, 5.41) is 2.42. The fourth-order valence-electron chi connectivity index (χ4n) is 2.86. The number of hydrogen-bond acceptors (Lipinski definition) is 3. The molecule has 6 heteroatoms. The summed E-state index contributed by atoms with van der Waals surface area (Å²) < 4.78 is 37.7. The molecule has 0 saturated heterocycles. The molecule has 1 aliphatic rings. The number of hydrogen-bond donors (Lipinski definition) is 1. The van der Waals surface area contributed by atoms with E-state index in [0.717, 1.165) is 37.0 Å². The lowest BCUT2D eigenvalue weighted by atomic mass is 9.80. The second-order valence-corrected chi connectivity index (χ2v) is 6.21. The predicted octanol–water partition coefficient (Wildman–Crippen LogP) is 4.00. The van der Waals surface area contributed by atoms with Crippen molar-refractivity contribution < 1.29 is 13.2 Å². The van der Waals surface area contributed by atoms with Gasteiger partial charge in [-0.05, 0) is 25.3 Å². The maximum atomic E-state index is 12.6. The molecule has 1 aliphatic carbocycles. The zero-order chi connectivity index (χ0) is 13.4. The highest BCUT2D eigenvalue weighted by Gasteiger charge is 2.40. The molecule has 0 amide bonds. The van der Waals surface area contributed by atoms with Gasteiger partial charge in [0.15, 0.2) is 5.01 Å². The maximum Gasteiger partial charge on any atom is 0.443 e. The highest BCUT2D eigenvalue weighted by Crippen LogP contribution is 2.48. The first-order valence-corrected chi connectivity index (χ1v) is 6.89. The van der Waals surface area contributed by atoms with Crippen molar-refractivity contribution in [1.29, 1.82) is 0 Å². The van der Waals surface area contributed by atoms with Crippen LogP contribution in [0.4, 0.5) is 13.2 Å². The number of nitrogens with one attached hydrogen (secondary N) is 1. The molecule has 2 rings (SSSR count). The molecular formula is C12H17F3N2S. The topological polar surface area (TPSA) is 24.9 Å². The molecule has 0 radical (unpaired) electrons. The first-order valence-electron chi connectivity index (χ1n) is 6.07. The van der Waals surface area contributed by atoms with Crippen LogP contribution in [-0.2, 0) is 6.18 Å². The zero-order valence-corrected chi connectivity index (χ0v) is 11.3. The Kier molecular flexibility index (Phi) is 3.69. The molecule has 1 saturated carbocycles. The van der Waals surface area contributed by atoms with Gasteiger partial charge >= 0.3 is 6.18 Å². The smallest absolute Gasteiger partial charge is 0.312 e. The monoisotopic (exact) mass is 278 g/mol. The van der Waals surface area contributed by atoms with Crippen LogP contribution in [0.25, 0.3) is 0 Å². The third-order valence-electron chi connectivity index (χ3n) is 3.78. The molecule has 1 fully saturated rings. The average molecular weight is 278 g/mol. The first kappa shape index (κ1) is 13.8. The van der Waals surface area contributed by atoms with Gasteiger partial charge in [-0.1, -0.05) is 19.8 Å². The third kappa shape index (κ3) is 2.54. The quantitative estimate of drug-likeness (QED) is 0.904. The second kappa shape index (κ2) is 4.81. The molecule has 1 atom stereocenters. The van der Waals surface area contributed by atoms with E-state index < -0.39 is 11.2 Å². The molecule has 1 N–H and O–H groups in total. The minimum atomic E-state index is -4.34. The minimum Gasteiger partial charge on any atom is -0.312 e. The van der Waals surface area contributed by atoms with Crippen molar-refractivity contribution >= 4 is 11.3 Å². The lowest BCUT2D eigenvalue weighted by molar-refractivity contribution is -0.137. The van der Waals surface area contributed by atoms with Crippen molar-refractivity contribution in [3.05, 3.63) is 16.1 Å². The van der Waals surface area contributed by atoms with Gasteiger partial charge < -0.3 is 5.32 Å². The standard InChI is InChI=1S/C12H17F3N2S/c1-11(5-3-4-6-11)9(16-2)8-7-17-10(18-8)12(13,14)15/h7,9,16H,3-6H2,1-2H3. The molecule has 1 aromatic heterocycles. The Morgan fingerprint density at radius 1 is 1.39 bits per heavy atom. The summed E-state index contributed by atoms with van der Waals surface area (Å²) in [6.45, 7) is 2.15. The number of alkyl halides is 3. The van der Waals surface area contributed by atoms with Crippen molar-refractivity contribution in [3.8, 4) is 0 Å². The van der Waals surface area contributed by atoms with E-state index in [1.54, 1.807) is 7.05 Å². The van der Waals surface area contributed by atoms with Crippen LogP contribution in [0.3, 0.4) is 0 Å². The summed E-state index contributed by atoms with van der Waals surface area (Å²) in [4.78, 5) is 4.20.